The number of carbonyl (C=O) groups excluding carboxylic acids is 1. The van der Waals surface area contributed by atoms with E-state index in [1.807, 2.05) is 18.2 Å². The number of hydrogen-bond acceptors (Lipinski definition) is 4. The Balaban J connectivity index is 1.67. The average Bonchev–Trinajstić information content (AvgIpc) is 3.20. The Labute approximate surface area is 105 Å². The van der Waals surface area contributed by atoms with Crippen molar-refractivity contribution in [3.63, 3.8) is 0 Å². The maximum Gasteiger partial charge on any atom is 0.238 e. The molecule has 0 bridgehead atoms. The Hall–Kier alpha value is -2.01. The smallest absolute Gasteiger partial charge is 0.238 e. The molecular weight excluding hydrogens is 228 g/mol. The summed E-state index contributed by atoms with van der Waals surface area (Å²) in [5.41, 5.74) is 2.36. The van der Waals surface area contributed by atoms with Gasteiger partial charge >= 0.3 is 0 Å². The van der Waals surface area contributed by atoms with Gasteiger partial charge in [-0.2, -0.15) is 0 Å². The Morgan fingerprint density at radius 3 is 2.78 bits per heavy atom. The number of rotatable bonds is 4. The van der Waals surface area contributed by atoms with Crippen molar-refractivity contribution in [1.29, 1.82) is 0 Å². The first-order valence-electron chi connectivity index (χ1n) is 6.05. The van der Waals surface area contributed by atoms with Crippen LogP contribution in [0.5, 0.6) is 0 Å². The van der Waals surface area contributed by atoms with E-state index in [0.717, 1.165) is 16.7 Å². The Morgan fingerprint density at radius 1 is 1.22 bits per heavy atom. The van der Waals surface area contributed by atoms with Crippen molar-refractivity contribution in [3.8, 4) is 0 Å². The van der Waals surface area contributed by atoms with Crippen LogP contribution in [-0.2, 0) is 4.79 Å². The van der Waals surface area contributed by atoms with Crippen LogP contribution in [0.3, 0.4) is 0 Å². The van der Waals surface area contributed by atoms with Gasteiger partial charge in [-0.15, -0.1) is 0 Å². The minimum absolute atomic E-state index is 0.0230. The molecule has 1 aliphatic rings. The number of benzene rings is 1. The van der Waals surface area contributed by atoms with Crippen molar-refractivity contribution in [1.82, 2.24) is 15.3 Å². The van der Waals surface area contributed by atoms with Crippen LogP contribution in [0.1, 0.15) is 12.8 Å². The summed E-state index contributed by atoms with van der Waals surface area (Å²) >= 11 is 0. The fraction of sp³-hybridized carbons (Fsp3) is 0.308. The number of nitrogens with one attached hydrogen (secondary N) is 2. The van der Waals surface area contributed by atoms with E-state index in [1.54, 1.807) is 12.4 Å². The van der Waals surface area contributed by atoms with Crippen LogP contribution in [0.4, 0.5) is 5.69 Å². The zero-order valence-electron chi connectivity index (χ0n) is 9.89. The largest absolute Gasteiger partial charge is 0.325 e. The first-order valence-corrected chi connectivity index (χ1v) is 6.05. The molecule has 0 radical (unpaired) electrons. The van der Waals surface area contributed by atoms with Gasteiger partial charge in [0, 0.05) is 24.1 Å². The summed E-state index contributed by atoms with van der Waals surface area (Å²) in [6.45, 7) is 0.364. The first-order chi connectivity index (χ1) is 8.81. The summed E-state index contributed by atoms with van der Waals surface area (Å²) in [7, 11) is 0. The number of fused-ring (bicyclic) bond motifs is 1. The van der Waals surface area contributed by atoms with Crippen LogP contribution < -0.4 is 10.6 Å². The molecule has 1 aliphatic carbocycles. The van der Waals surface area contributed by atoms with Gasteiger partial charge in [-0.25, -0.2) is 0 Å². The third kappa shape index (κ3) is 2.62. The quantitative estimate of drug-likeness (QED) is 0.848. The molecule has 0 atom stereocenters. The van der Waals surface area contributed by atoms with Crippen molar-refractivity contribution in [2.24, 2.45) is 0 Å². The molecule has 18 heavy (non-hydrogen) atoms. The summed E-state index contributed by atoms with van der Waals surface area (Å²) in [5, 5.41) is 6.02. The summed E-state index contributed by atoms with van der Waals surface area (Å²) < 4.78 is 0. The molecule has 5 nitrogen and oxygen atoms in total. The molecule has 1 amide bonds. The van der Waals surface area contributed by atoms with E-state index in [1.165, 1.54) is 12.8 Å². The van der Waals surface area contributed by atoms with Crippen LogP contribution >= 0.6 is 0 Å². The number of hydrogen-bond donors (Lipinski definition) is 2. The minimum atomic E-state index is -0.0230. The molecule has 2 N–H and O–H groups in total. The zero-order chi connectivity index (χ0) is 12.4. The summed E-state index contributed by atoms with van der Waals surface area (Å²) in [4.78, 5) is 20.1. The van der Waals surface area contributed by atoms with Crippen LogP contribution in [-0.4, -0.2) is 28.5 Å². The molecule has 2 aromatic rings. The Kier molecular flexibility index (Phi) is 2.90. The molecule has 0 saturated heterocycles. The van der Waals surface area contributed by atoms with Gasteiger partial charge < -0.3 is 10.6 Å². The van der Waals surface area contributed by atoms with Crippen molar-refractivity contribution in [2.45, 2.75) is 18.9 Å². The summed E-state index contributed by atoms with van der Waals surface area (Å²) in [6, 6.07) is 6.06. The van der Waals surface area contributed by atoms with Crippen LogP contribution in [0.15, 0.2) is 30.6 Å². The molecule has 1 aromatic carbocycles. The highest BCUT2D eigenvalue weighted by molar-refractivity contribution is 5.94. The molecule has 1 saturated carbocycles. The SMILES string of the molecule is O=C(CNC1CC1)Nc1ccc2nccnc2c1. The lowest BCUT2D eigenvalue weighted by atomic mass is 10.2. The van der Waals surface area contributed by atoms with Gasteiger partial charge in [0.25, 0.3) is 0 Å². The molecular formula is C13H14N4O. The number of carbonyl (C=O) groups is 1. The molecule has 0 unspecified atom stereocenters. The van der Waals surface area contributed by atoms with Crippen molar-refractivity contribution in [2.75, 3.05) is 11.9 Å². The van der Waals surface area contributed by atoms with E-state index in [9.17, 15) is 4.79 Å². The fourth-order valence-corrected chi connectivity index (χ4v) is 1.77. The fourth-order valence-electron chi connectivity index (χ4n) is 1.77. The zero-order valence-corrected chi connectivity index (χ0v) is 9.89. The van der Waals surface area contributed by atoms with E-state index < -0.39 is 0 Å². The first kappa shape index (κ1) is 11.1. The lowest BCUT2D eigenvalue weighted by Gasteiger charge is -2.06. The second-order valence-electron chi connectivity index (χ2n) is 4.46. The average molecular weight is 242 g/mol. The van der Waals surface area contributed by atoms with E-state index in [-0.39, 0.29) is 5.91 Å². The lowest BCUT2D eigenvalue weighted by molar-refractivity contribution is -0.115. The number of aromatic nitrogens is 2. The third-order valence-electron chi connectivity index (χ3n) is 2.88. The predicted molar refractivity (Wildman–Crippen MR) is 69.2 cm³/mol. The number of nitrogens with zero attached hydrogens (tertiary/aromatic N) is 2. The molecule has 1 heterocycles. The highest BCUT2D eigenvalue weighted by Crippen LogP contribution is 2.18. The summed E-state index contributed by atoms with van der Waals surface area (Å²) in [5.74, 6) is -0.0230. The number of anilines is 1. The normalized spacial score (nSPS) is 14.7. The maximum atomic E-state index is 11.7. The Bertz CT molecular complexity index is 580. The topological polar surface area (TPSA) is 66.9 Å². The van der Waals surface area contributed by atoms with Crippen LogP contribution in [0.25, 0.3) is 11.0 Å². The summed E-state index contributed by atoms with van der Waals surface area (Å²) in [6.07, 6.45) is 5.65. The van der Waals surface area contributed by atoms with E-state index in [2.05, 4.69) is 20.6 Å². The third-order valence-corrected chi connectivity index (χ3v) is 2.88. The minimum Gasteiger partial charge on any atom is -0.325 e. The molecule has 92 valence electrons. The standard InChI is InChI=1S/C13H14N4O/c18-13(8-16-9-1-2-9)17-10-3-4-11-12(7-10)15-6-5-14-11/h3-7,9,16H,1-2,8H2,(H,17,18). The predicted octanol–water partition coefficient (Wildman–Crippen LogP) is 1.32. The van der Waals surface area contributed by atoms with Crippen molar-refractivity contribution in [3.05, 3.63) is 30.6 Å². The molecule has 1 aromatic heterocycles. The van der Waals surface area contributed by atoms with E-state index in [4.69, 9.17) is 0 Å². The van der Waals surface area contributed by atoms with Gasteiger partial charge in [-0.3, -0.25) is 14.8 Å². The van der Waals surface area contributed by atoms with Crippen molar-refractivity contribution >= 4 is 22.6 Å². The highest BCUT2D eigenvalue weighted by Gasteiger charge is 2.21. The Morgan fingerprint density at radius 2 is 2.00 bits per heavy atom. The second kappa shape index (κ2) is 4.70. The molecule has 5 heteroatoms. The van der Waals surface area contributed by atoms with Crippen LogP contribution in [0, 0.1) is 0 Å². The molecule has 0 aliphatic heterocycles. The number of amides is 1. The molecule has 0 spiro atoms. The van der Waals surface area contributed by atoms with Gasteiger partial charge in [0.2, 0.25) is 5.91 Å². The highest BCUT2D eigenvalue weighted by atomic mass is 16.1. The van der Waals surface area contributed by atoms with Crippen LogP contribution in [0.2, 0.25) is 0 Å². The molecule has 1 fully saturated rings. The van der Waals surface area contributed by atoms with Gasteiger partial charge in [0.05, 0.1) is 17.6 Å². The van der Waals surface area contributed by atoms with Gasteiger partial charge in [0.1, 0.15) is 0 Å². The van der Waals surface area contributed by atoms with Crippen molar-refractivity contribution < 1.29 is 4.79 Å². The maximum absolute atomic E-state index is 11.7. The second-order valence-corrected chi connectivity index (χ2v) is 4.46. The molecule has 3 rings (SSSR count). The lowest BCUT2D eigenvalue weighted by Crippen LogP contribution is -2.29. The van der Waals surface area contributed by atoms with E-state index in [0.29, 0.717) is 12.6 Å². The van der Waals surface area contributed by atoms with Gasteiger partial charge in [0.15, 0.2) is 0 Å². The van der Waals surface area contributed by atoms with E-state index >= 15 is 0 Å². The monoisotopic (exact) mass is 242 g/mol. The van der Waals surface area contributed by atoms with Gasteiger partial charge in [-0.05, 0) is 31.0 Å². The van der Waals surface area contributed by atoms with Gasteiger partial charge in [-0.1, -0.05) is 0 Å².